The first-order valence-corrected chi connectivity index (χ1v) is 7.93. The molecule has 0 spiro atoms. The van der Waals surface area contributed by atoms with Crippen LogP contribution in [0.15, 0.2) is 22.3 Å². The van der Waals surface area contributed by atoms with Crippen molar-refractivity contribution in [1.29, 1.82) is 0 Å². The molecule has 0 bridgehead atoms. The van der Waals surface area contributed by atoms with E-state index < -0.39 is 0 Å². The largest absolute Gasteiger partial charge is 0.314 e. The van der Waals surface area contributed by atoms with Crippen molar-refractivity contribution in [3.8, 4) is 0 Å². The summed E-state index contributed by atoms with van der Waals surface area (Å²) in [6, 6.07) is 0.630. The average Bonchev–Trinajstić information content (AvgIpc) is 2.27. The highest BCUT2D eigenvalue weighted by atomic mass is 127. The summed E-state index contributed by atoms with van der Waals surface area (Å²) in [5, 5.41) is 3.60. The van der Waals surface area contributed by atoms with Gasteiger partial charge in [0.05, 0.1) is 0 Å². The lowest BCUT2D eigenvalue weighted by molar-refractivity contribution is 0.398. The molecule has 0 aliphatic rings. The molecule has 0 saturated carbocycles. The topological polar surface area (TPSA) is 12.0 Å². The SMILES string of the molecule is C=C(I)C/C=C\C(C)C(CCCCC)NCC. The molecule has 0 radical (unpaired) electrons. The smallest absolute Gasteiger partial charge is 0.0127 e. The van der Waals surface area contributed by atoms with Crippen molar-refractivity contribution in [1.82, 2.24) is 5.32 Å². The van der Waals surface area contributed by atoms with Gasteiger partial charge in [0.1, 0.15) is 0 Å². The van der Waals surface area contributed by atoms with Crippen LogP contribution in [0.1, 0.15) is 52.9 Å². The maximum absolute atomic E-state index is 3.91. The van der Waals surface area contributed by atoms with E-state index in [-0.39, 0.29) is 0 Å². The molecule has 0 aromatic rings. The Morgan fingerprint density at radius 2 is 2.06 bits per heavy atom. The minimum absolute atomic E-state index is 0.613. The van der Waals surface area contributed by atoms with E-state index in [0.717, 1.165) is 13.0 Å². The molecular weight excluding hydrogens is 321 g/mol. The standard InChI is InChI=1S/C15H28IN/c1-5-7-8-12-15(17-6-2)13(3)10-9-11-14(4)16/h9-10,13,15,17H,4-8,11-12H2,1-3H3/b10-9-. The van der Waals surface area contributed by atoms with Gasteiger partial charge in [0.2, 0.25) is 0 Å². The summed E-state index contributed by atoms with van der Waals surface area (Å²) in [5.74, 6) is 0.613. The average molecular weight is 349 g/mol. The summed E-state index contributed by atoms with van der Waals surface area (Å²) in [6.07, 6.45) is 10.9. The molecule has 100 valence electrons. The minimum atomic E-state index is 0.613. The molecule has 2 unspecified atom stereocenters. The van der Waals surface area contributed by atoms with Crippen LogP contribution in [0.2, 0.25) is 0 Å². The fraction of sp³-hybridized carbons (Fsp3) is 0.733. The number of nitrogens with one attached hydrogen (secondary N) is 1. The zero-order valence-electron chi connectivity index (χ0n) is 11.6. The summed E-state index contributed by atoms with van der Waals surface area (Å²) in [7, 11) is 0. The first-order chi connectivity index (χ1) is 8.11. The summed E-state index contributed by atoms with van der Waals surface area (Å²) >= 11 is 2.29. The molecule has 0 aliphatic carbocycles. The van der Waals surface area contributed by atoms with Gasteiger partial charge in [0.25, 0.3) is 0 Å². The van der Waals surface area contributed by atoms with Gasteiger partial charge < -0.3 is 5.32 Å². The second kappa shape index (κ2) is 11.3. The Bertz CT molecular complexity index is 223. The third-order valence-corrected chi connectivity index (χ3v) is 3.44. The van der Waals surface area contributed by atoms with Gasteiger partial charge in [0.15, 0.2) is 0 Å². The van der Waals surface area contributed by atoms with Crippen molar-refractivity contribution < 1.29 is 0 Å². The van der Waals surface area contributed by atoms with Crippen LogP contribution in [-0.4, -0.2) is 12.6 Å². The molecule has 0 amide bonds. The molecule has 0 heterocycles. The Kier molecular flexibility index (Phi) is 11.4. The van der Waals surface area contributed by atoms with E-state index in [1.165, 1.54) is 29.3 Å². The molecule has 1 N–H and O–H groups in total. The van der Waals surface area contributed by atoms with Gasteiger partial charge in [-0.2, -0.15) is 0 Å². The van der Waals surface area contributed by atoms with E-state index in [2.05, 4.69) is 67.4 Å². The summed E-state index contributed by atoms with van der Waals surface area (Å²) in [4.78, 5) is 0. The lowest BCUT2D eigenvalue weighted by atomic mass is 9.95. The summed E-state index contributed by atoms with van der Waals surface area (Å²) in [6.45, 7) is 11.7. The van der Waals surface area contributed by atoms with Gasteiger partial charge in [-0.25, -0.2) is 0 Å². The lowest BCUT2D eigenvalue weighted by Crippen LogP contribution is -2.34. The van der Waals surface area contributed by atoms with E-state index in [9.17, 15) is 0 Å². The highest BCUT2D eigenvalue weighted by Crippen LogP contribution is 2.15. The Morgan fingerprint density at radius 1 is 1.35 bits per heavy atom. The van der Waals surface area contributed by atoms with Crippen molar-refractivity contribution in [3.05, 3.63) is 22.3 Å². The second-order valence-corrected chi connectivity index (χ2v) is 6.19. The lowest BCUT2D eigenvalue weighted by Gasteiger charge is -2.22. The predicted octanol–water partition coefficient (Wildman–Crippen LogP) is 5.08. The minimum Gasteiger partial charge on any atom is -0.314 e. The molecule has 0 fully saturated rings. The monoisotopic (exact) mass is 349 g/mol. The molecule has 17 heavy (non-hydrogen) atoms. The molecule has 0 rings (SSSR count). The first-order valence-electron chi connectivity index (χ1n) is 6.85. The molecule has 0 aliphatic heterocycles. The third-order valence-electron chi connectivity index (χ3n) is 3.00. The highest BCUT2D eigenvalue weighted by Gasteiger charge is 2.12. The van der Waals surface area contributed by atoms with Crippen molar-refractivity contribution >= 4 is 22.6 Å². The van der Waals surface area contributed by atoms with Gasteiger partial charge in [-0.05, 0) is 51.5 Å². The van der Waals surface area contributed by atoms with Crippen molar-refractivity contribution in [2.75, 3.05) is 6.54 Å². The quantitative estimate of drug-likeness (QED) is 0.330. The van der Waals surface area contributed by atoms with Crippen molar-refractivity contribution in [3.63, 3.8) is 0 Å². The normalized spacial score (nSPS) is 15.1. The Morgan fingerprint density at radius 3 is 2.59 bits per heavy atom. The van der Waals surface area contributed by atoms with Gasteiger partial charge in [-0.1, -0.05) is 58.8 Å². The van der Waals surface area contributed by atoms with E-state index in [1.807, 2.05) is 0 Å². The molecule has 0 aromatic carbocycles. The fourth-order valence-corrected chi connectivity index (χ4v) is 2.23. The first kappa shape index (κ1) is 17.2. The number of unbranched alkanes of at least 4 members (excludes halogenated alkanes) is 2. The molecular formula is C15H28IN. The van der Waals surface area contributed by atoms with E-state index in [0.29, 0.717) is 12.0 Å². The number of rotatable bonds is 10. The Hall–Kier alpha value is 0.170. The molecule has 0 aromatic heterocycles. The second-order valence-electron chi connectivity index (χ2n) is 4.67. The van der Waals surface area contributed by atoms with E-state index in [4.69, 9.17) is 0 Å². The van der Waals surface area contributed by atoms with Crippen LogP contribution >= 0.6 is 22.6 Å². The van der Waals surface area contributed by atoms with Crippen molar-refractivity contribution in [2.24, 2.45) is 5.92 Å². The van der Waals surface area contributed by atoms with E-state index >= 15 is 0 Å². The maximum atomic E-state index is 3.91. The molecule has 2 heteroatoms. The maximum Gasteiger partial charge on any atom is 0.0127 e. The third kappa shape index (κ3) is 9.83. The number of hydrogen-bond acceptors (Lipinski definition) is 1. The number of allylic oxidation sites excluding steroid dienone is 2. The fourth-order valence-electron chi connectivity index (χ4n) is 1.97. The molecule has 1 nitrogen and oxygen atoms in total. The van der Waals surface area contributed by atoms with Crippen LogP contribution in [-0.2, 0) is 0 Å². The van der Waals surface area contributed by atoms with Gasteiger partial charge in [-0.15, -0.1) is 0 Å². The molecule has 0 saturated heterocycles. The Labute approximate surface area is 121 Å². The van der Waals surface area contributed by atoms with Gasteiger partial charge in [0, 0.05) is 6.04 Å². The zero-order valence-corrected chi connectivity index (χ0v) is 13.8. The van der Waals surface area contributed by atoms with Crippen LogP contribution in [0.25, 0.3) is 0 Å². The summed E-state index contributed by atoms with van der Waals surface area (Å²) in [5.41, 5.74) is 0. The van der Waals surface area contributed by atoms with Crippen LogP contribution in [0.4, 0.5) is 0 Å². The zero-order chi connectivity index (χ0) is 13.1. The van der Waals surface area contributed by atoms with Crippen LogP contribution in [0.3, 0.4) is 0 Å². The van der Waals surface area contributed by atoms with Crippen molar-refractivity contribution in [2.45, 2.75) is 58.9 Å². The van der Waals surface area contributed by atoms with Crippen LogP contribution in [0.5, 0.6) is 0 Å². The van der Waals surface area contributed by atoms with Crippen LogP contribution in [0, 0.1) is 5.92 Å². The highest BCUT2D eigenvalue weighted by molar-refractivity contribution is 14.1. The summed E-state index contributed by atoms with van der Waals surface area (Å²) < 4.78 is 1.21. The van der Waals surface area contributed by atoms with Gasteiger partial charge >= 0.3 is 0 Å². The van der Waals surface area contributed by atoms with E-state index in [1.54, 1.807) is 0 Å². The Balaban J connectivity index is 4.07. The van der Waals surface area contributed by atoms with Crippen LogP contribution < -0.4 is 5.32 Å². The predicted molar refractivity (Wildman–Crippen MR) is 87.7 cm³/mol. The number of halogens is 1. The number of hydrogen-bond donors (Lipinski definition) is 1. The van der Waals surface area contributed by atoms with Gasteiger partial charge in [-0.3, -0.25) is 0 Å². The molecule has 2 atom stereocenters.